The Bertz CT molecular complexity index is 217. The van der Waals surface area contributed by atoms with Crippen LogP contribution in [0.25, 0.3) is 0 Å². The van der Waals surface area contributed by atoms with Gasteiger partial charge >= 0.3 is 7.82 Å². The van der Waals surface area contributed by atoms with Crippen molar-refractivity contribution < 1.29 is 49.9 Å². The molecule has 0 rings (SSSR count). The smallest absolute Gasteiger partial charge is 0.395 e. The Morgan fingerprint density at radius 3 is 0.654 bits per heavy atom. The summed E-state index contributed by atoms with van der Waals surface area (Å²) in [6.45, 7) is 4.25. The fraction of sp³-hybridized carbons (Fsp3) is 1.00. The first-order chi connectivity index (χ1) is 12.2. The molecule has 0 aliphatic carbocycles. The summed E-state index contributed by atoms with van der Waals surface area (Å²) in [5.41, 5.74) is 0. The number of hydrogen-bond acceptors (Lipinski definition) is 10. The Labute approximate surface area is 153 Å². The number of hydrogen-bond donors (Lipinski definition) is 12. The third-order valence-corrected chi connectivity index (χ3v) is 1.73. The van der Waals surface area contributed by atoms with E-state index in [0.29, 0.717) is 39.3 Å². The van der Waals surface area contributed by atoms with Gasteiger partial charge in [-0.15, -0.1) is 0 Å². The van der Waals surface area contributed by atoms with Crippen molar-refractivity contribution in [1.82, 2.24) is 16.0 Å². The number of nitrogens with one attached hydrogen (secondary N) is 3. The van der Waals surface area contributed by atoms with Gasteiger partial charge in [-0.3, -0.25) is 0 Å². The lowest BCUT2D eigenvalue weighted by Gasteiger charge is -1.94. The van der Waals surface area contributed by atoms with Crippen LogP contribution in [0.4, 0.5) is 0 Å². The molecule has 0 aromatic heterocycles. The molecule has 0 atom stereocenters. The van der Waals surface area contributed by atoms with Gasteiger partial charge in [-0.1, -0.05) is 0 Å². The second kappa shape index (κ2) is 32.4. The molecule has 0 saturated carbocycles. The van der Waals surface area contributed by atoms with Crippen molar-refractivity contribution in [3.8, 4) is 0 Å². The van der Waals surface area contributed by atoms with Gasteiger partial charge in [-0.2, -0.15) is 0 Å². The SMILES string of the molecule is O=P(O)(O)O.OCCNCCO.OCCNCCO.OCCNCCO. The molecule has 26 heavy (non-hydrogen) atoms. The van der Waals surface area contributed by atoms with Crippen LogP contribution in [0, 0.1) is 0 Å². The van der Waals surface area contributed by atoms with Gasteiger partial charge in [0.05, 0.1) is 39.6 Å². The average molecular weight is 413 g/mol. The zero-order valence-corrected chi connectivity index (χ0v) is 15.8. The molecule has 0 aliphatic heterocycles. The van der Waals surface area contributed by atoms with Crippen molar-refractivity contribution in [2.75, 3.05) is 78.9 Å². The minimum absolute atomic E-state index is 0.139. The number of phosphoric acid groups is 1. The first-order valence-corrected chi connectivity index (χ1v) is 9.37. The van der Waals surface area contributed by atoms with Crippen molar-refractivity contribution in [1.29, 1.82) is 0 Å². The van der Waals surface area contributed by atoms with Crippen LogP contribution in [-0.4, -0.2) is 124 Å². The first kappa shape index (κ1) is 33.3. The maximum Gasteiger partial charge on any atom is 0.466 e. The quantitative estimate of drug-likeness (QED) is 0.106. The second-order valence-corrected chi connectivity index (χ2v) is 5.13. The van der Waals surface area contributed by atoms with Crippen molar-refractivity contribution in [2.24, 2.45) is 0 Å². The molecule has 0 aromatic rings. The summed E-state index contributed by atoms with van der Waals surface area (Å²) in [6, 6.07) is 0. The molecular weight excluding hydrogens is 377 g/mol. The summed E-state index contributed by atoms with van der Waals surface area (Å²) < 4.78 is 8.88. The predicted molar refractivity (Wildman–Crippen MR) is 95.4 cm³/mol. The molecule has 0 bridgehead atoms. The van der Waals surface area contributed by atoms with E-state index < -0.39 is 7.82 Å². The zero-order chi connectivity index (χ0) is 21.1. The minimum Gasteiger partial charge on any atom is -0.395 e. The van der Waals surface area contributed by atoms with Crippen molar-refractivity contribution in [3.63, 3.8) is 0 Å². The fourth-order valence-electron chi connectivity index (χ4n) is 0.849. The predicted octanol–water partition coefficient (Wildman–Crippen LogP) is -5.25. The van der Waals surface area contributed by atoms with Crippen LogP contribution in [0.5, 0.6) is 0 Å². The monoisotopic (exact) mass is 413 g/mol. The molecule has 0 amide bonds. The van der Waals surface area contributed by atoms with Gasteiger partial charge < -0.3 is 61.3 Å². The topological polar surface area (TPSA) is 235 Å². The summed E-state index contributed by atoms with van der Waals surface area (Å²) in [5.74, 6) is 0. The van der Waals surface area contributed by atoms with Gasteiger partial charge in [0.1, 0.15) is 0 Å². The molecule has 0 spiro atoms. The molecule has 0 saturated heterocycles. The molecular formula is C12H36N3O10P. The Hall–Kier alpha value is -0.250. The normalized spacial score (nSPS) is 9.88. The van der Waals surface area contributed by atoms with Crippen LogP contribution >= 0.6 is 7.82 Å². The van der Waals surface area contributed by atoms with E-state index in [-0.39, 0.29) is 39.6 Å². The van der Waals surface area contributed by atoms with E-state index in [1.807, 2.05) is 0 Å². The molecule has 0 aromatic carbocycles. The Morgan fingerprint density at radius 1 is 0.462 bits per heavy atom. The number of aliphatic hydroxyl groups is 6. The van der Waals surface area contributed by atoms with Crippen LogP contribution in [0.15, 0.2) is 0 Å². The molecule has 12 N–H and O–H groups in total. The highest BCUT2D eigenvalue weighted by molar-refractivity contribution is 7.45. The van der Waals surface area contributed by atoms with E-state index in [4.69, 9.17) is 49.9 Å². The van der Waals surface area contributed by atoms with Crippen LogP contribution in [-0.2, 0) is 4.57 Å². The third kappa shape index (κ3) is 89.0. The van der Waals surface area contributed by atoms with E-state index in [2.05, 4.69) is 16.0 Å². The number of rotatable bonds is 12. The highest BCUT2D eigenvalue weighted by atomic mass is 31.2. The highest BCUT2D eigenvalue weighted by Gasteiger charge is 2.00. The first-order valence-electron chi connectivity index (χ1n) is 7.80. The van der Waals surface area contributed by atoms with E-state index in [1.165, 1.54) is 0 Å². The van der Waals surface area contributed by atoms with Crippen molar-refractivity contribution in [2.45, 2.75) is 0 Å². The van der Waals surface area contributed by atoms with Gasteiger partial charge in [0.2, 0.25) is 0 Å². The molecule has 0 aliphatic rings. The summed E-state index contributed by atoms with van der Waals surface area (Å²) in [7, 11) is -4.64. The number of aliphatic hydroxyl groups excluding tert-OH is 6. The van der Waals surface area contributed by atoms with Gasteiger partial charge in [0, 0.05) is 39.3 Å². The molecule has 0 heterocycles. The maximum atomic E-state index is 8.88. The van der Waals surface area contributed by atoms with Gasteiger partial charge in [0.15, 0.2) is 0 Å². The summed E-state index contributed by atoms with van der Waals surface area (Å²) in [4.78, 5) is 21.6. The Morgan fingerprint density at radius 2 is 0.577 bits per heavy atom. The molecule has 164 valence electrons. The fourth-order valence-corrected chi connectivity index (χ4v) is 0.849. The summed E-state index contributed by atoms with van der Waals surface area (Å²) in [5, 5.41) is 57.2. The van der Waals surface area contributed by atoms with Crippen LogP contribution < -0.4 is 16.0 Å². The van der Waals surface area contributed by atoms with Crippen molar-refractivity contribution in [3.05, 3.63) is 0 Å². The van der Waals surface area contributed by atoms with E-state index in [1.54, 1.807) is 0 Å². The van der Waals surface area contributed by atoms with Gasteiger partial charge in [-0.25, -0.2) is 4.57 Å². The lowest BCUT2D eigenvalue weighted by Crippen LogP contribution is -2.21. The Balaban J connectivity index is -0.000000125. The van der Waals surface area contributed by atoms with Gasteiger partial charge in [0.25, 0.3) is 0 Å². The van der Waals surface area contributed by atoms with Crippen LogP contribution in [0.1, 0.15) is 0 Å². The van der Waals surface area contributed by atoms with Crippen LogP contribution in [0.2, 0.25) is 0 Å². The van der Waals surface area contributed by atoms with Crippen molar-refractivity contribution >= 4 is 7.82 Å². The lowest BCUT2D eigenvalue weighted by molar-refractivity contribution is 0.266. The van der Waals surface area contributed by atoms with Crippen LogP contribution in [0.3, 0.4) is 0 Å². The van der Waals surface area contributed by atoms with E-state index in [9.17, 15) is 0 Å². The molecule has 13 nitrogen and oxygen atoms in total. The summed E-state index contributed by atoms with van der Waals surface area (Å²) in [6.07, 6.45) is 0. The van der Waals surface area contributed by atoms with Gasteiger partial charge in [-0.05, 0) is 0 Å². The summed E-state index contributed by atoms with van der Waals surface area (Å²) >= 11 is 0. The largest absolute Gasteiger partial charge is 0.466 e. The van der Waals surface area contributed by atoms with E-state index in [0.717, 1.165) is 0 Å². The lowest BCUT2D eigenvalue weighted by atomic mass is 10.6. The minimum atomic E-state index is -4.64. The third-order valence-electron chi connectivity index (χ3n) is 1.73. The average Bonchev–Trinajstić information content (AvgIpc) is 2.56. The zero-order valence-electron chi connectivity index (χ0n) is 14.9. The second-order valence-electron chi connectivity index (χ2n) is 4.10. The van der Waals surface area contributed by atoms with E-state index >= 15 is 0 Å². The Kier molecular flexibility index (Phi) is 41.6. The molecule has 0 unspecified atom stereocenters. The highest BCUT2D eigenvalue weighted by Crippen LogP contribution is 2.25. The molecule has 0 fully saturated rings. The standard InChI is InChI=1S/3C4H11NO2.H3O4P/c3*6-3-1-5-2-4-7;1-5(2,3)4/h3*5-7H,1-4H2;(H3,1,2,3,4). The molecule has 14 heteroatoms. The maximum absolute atomic E-state index is 8.88. The molecule has 0 radical (unpaired) electrons.